The van der Waals surface area contributed by atoms with Crippen LogP contribution in [0.1, 0.15) is 111 Å². The van der Waals surface area contributed by atoms with Crippen molar-refractivity contribution in [2.45, 2.75) is 127 Å². The Bertz CT molecular complexity index is 3060. The lowest BCUT2D eigenvalue weighted by Crippen LogP contribution is -2.59. The third-order valence-corrected chi connectivity index (χ3v) is 18.4. The van der Waals surface area contributed by atoms with Gasteiger partial charge in [-0.25, -0.2) is 28.4 Å². The van der Waals surface area contributed by atoms with E-state index in [2.05, 4.69) is 73.3 Å². The average Bonchev–Trinajstić information content (AvgIpc) is 4.08. The minimum absolute atomic E-state index is 0.0757. The lowest BCUT2D eigenvalue weighted by atomic mass is 9.87. The van der Waals surface area contributed by atoms with Crippen molar-refractivity contribution >= 4 is 62.0 Å². The van der Waals surface area contributed by atoms with Crippen LogP contribution in [0, 0.1) is 19.8 Å². The van der Waals surface area contributed by atoms with Crippen LogP contribution < -0.4 is 30.9 Å². The summed E-state index contributed by atoms with van der Waals surface area (Å²) in [5, 5.41) is 20.3. The smallest absolute Gasteiger partial charge is 0.256 e. The van der Waals surface area contributed by atoms with Gasteiger partial charge in [-0.3, -0.25) is 29.2 Å². The van der Waals surface area contributed by atoms with Gasteiger partial charge in [-0.05, 0) is 123 Å². The first-order chi connectivity index (χ1) is 36.9. The predicted molar refractivity (Wildman–Crippen MR) is 293 cm³/mol. The van der Waals surface area contributed by atoms with Gasteiger partial charge in [0.25, 0.3) is 5.91 Å². The third-order valence-electron chi connectivity index (χ3n) is 15.9. The van der Waals surface area contributed by atoms with Gasteiger partial charge in [0, 0.05) is 87.5 Å². The minimum atomic E-state index is -3.84. The first-order valence-corrected chi connectivity index (χ1v) is 28.6. The van der Waals surface area contributed by atoms with Gasteiger partial charge < -0.3 is 40.7 Å². The molecule has 0 bridgehead atoms. The molecule has 3 aliphatic heterocycles. The maximum absolute atomic E-state index is 14.5. The predicted octanol–water partition coefficient (Wildman–Crippen LogP) is 4.80. The molecule has 3 saturated heterocycles. The molecular formula is C55H74N14O7S. The monoisotopic (exact) mass is 1070 g/mol. The molecule has 22 heteroatoms. The van der Waals surface area contributed by atoms with Gasteiger partial charge in [0.2, 0.25) is 23.7 Å². The molecular weight excluding hydrogens is 1000 g/mol. The van der Waals surface area contributed by atoms with Gasteiger partial charge in [0.1, 0.15) is 34.9 Å². The second kappa shape index (κ2) is 23.4. The summed E-state index contributed by atoms with van der Waals surface area (Å²) in [5.41, 5.74) is 5.11. The van der Waals surface area contributed by atoms with Crippen molar-refractivity contribution in [3.8, 4) is 5.75 Å². The van der Waals surface area contributed by atoms with Crippen molar-refractivity contribution in [1.82, 2.24) is 60.8 Å². The molecule has 0 saturated carbocycles. The van der Waals surface area contributed by atoms with Crippen LogP contribution in [-0.2, 0) is 30.6 Å². The van der Waals surface area contributed by atoms with Crippen LogP contribution in [0.15, 0.2) is 60.0 Å². The molecule has 0 unspecified atom stereocenters. The summed E-state index contributed by atoms with van der Waals surface area (Å²) in [5.74, 6) is 0.643. The zero-order valence-corrected chi connectivity index (χ0v) is 46.2. The van der Waals surface area contributed by atoms with Gasteiger partial charge in [-0.2, -0.15) is 5.10 Å². The molecule has 4 atom stereocenters. The van der Waals surface area contributed by atoms with Crippen molar-refractivity contribution in [2.24, 2.45) is 5.92 Å². The van der Waals surface area contributed by atoms with Crippen molar-refractivity contribution in [2.75, 3.05) is 76.2 Å². The number of anilines is 3. The van der Waals surface area contributed by atoms with E-state index in [4.69, 9.17) is 4.74 Å². The summed E-state index contributed by atoms with van der Waals surface area (Å²) in [4.78, 5) is 81.7. The molecule has 4 amide bonds. The van der Waals surface area contributed by atoms with E-state index in [1.807, 2.05) is 26.0 Å². The van der Waals surface area contributed by atoms with Crippen LogP contribution in [0.2, 0.25) is 0 Å². The number of piperazine rings is 1. The lowest BCUT2D eigenvalue weighted by molar-refractivity contribution is -0.143. The number of rotatable bonds is 17. The van der Waals surface area contributed by atoms with Crippen LogP contribution >= 0.6 is 0 Å². The highest BCUT2D eigenvalue weighted by molar-refractivity contribution is 7.92. The minimum Gasteiger partial charge on any atom is -0.492 e. The number of carbonyl (C=O) groups is 4. The van der Waals surface area contributed by atoms with Gasteiger partial charge >= 0.3 is 0 Å². The molecule has 77 heavy (non-hydrogen) atoms. The first kappa shape index (κ1) is 55.0. The number of amides is 4. The van der Waals surface area contributed by atoms with E-state index < -0.39 is 32.7 Å². The van der Waals surface area contributed by atoms with Gasteiger partial charge in [0.15, 0.2) is 15.7 Å². The molecule has 1 aliphatic carbocycles. The summed E-state index contributed by atoms with van der Waals surface area (Å²) in [6.07, 6.45) is 10.2. The molecule has 5 N–H and O–H groups in total. The zero-order chi connectivity index (χ0) is 54.6. The quantitative estimate of drug-likeness (QED) is 0.0785. The van der Waals surface area contributed by atoms with Crippen LogP contribution in [0.3, 0.4) is 0 Å². The fraction of sp³-hybridized carbons (Fsp3) is 0.545. The number of carbonyl (C=O) groups excluding carboxylic acids is 4. The molecule has 2 aromatic carbocycles. The van der Waals surface area contributed by atoms with Crippen LogP contribution in [0.4, 0.5) is 17.6 Å². The van der Waals surface area contributed by atoms with E-state index in [1.54, 1.807) is 69.1 Å². The summed E-state index contributed by atoms with van der Waals surface area (Å²) in [7, 11) is -2.14. The molecule has 0 radical (unpaired) electrons. The number of fused-ring (bicyclic) bond motifs is 2. The Kier molecular flexibility index (Phi) is 16.7. The number of aromatic amines is 1. The molecule has 4 aliphatic rings. The summed E-state index contributed by atoms with van der Waals surface area (Å²) < 4.78 is 33.1. The van der Waals surface area contributed by atoms with E-state index in [0.29, 0.717) is 98.9 Å². The lowest BCUT2D eigenvalue weighted by Gasteiger charge is -2.38. The number of sulfone groups is 1. The van der Waals surface area contributed by atoms with E-state index >= 15 is 0 Å². The Morgan fingerprint density at radius 2 is 1.62 bits per heavy atom. The van der Waals surface area contributed by atoms with Crippen molar-refractivity contribution in [3.63, 3.8) is 0 Å². The molecule has 9 rings (SSSR count). The number of aromatic nitrogens is 6. The number of hydrogen-bond acceptors (Lipinski definition) is 16. The van der Waals surface area contributed by atoms with Gasteiger partial charge in [-0.1, -0.05) is 24.3 Å². The SMILES string of the molecule is CN[C@@H](C)C(=O)N[C@H](C(=O)N1CCC[C@H]1C(=O)N[C@@H]1CCCc2ccccc21)C1CCN(C(=O)c2cnc(N3CCN(CCCOc4cc5ncnc(Nc6n[nH]c(C)c6C)c5cc4S(=O)(=O)C(C)(C)C)CC3)nc2)CC1. The van der Waals surface area contributed by atoms with E-state index in [0.717, 1.165) is 55.7 Å². The topological polar surface area (TPSA) is 253 Å². The standard InChI is InChI=1S/C55H74N14O7S/c1-34-35(2)64-65-48(34)63-49-41-29-46(77(74,75)55(4,5)6)45(30-43(41)59-33-60-49)76-28-12-20-66-24-26-68(27-25-66)54-57-31-39(32-58-54)52(72)67-22-18-38(19-23-67)47(62-50(70)36(3)56-7)53(73)69-21-11-17-44(69)51(71)61-42-16-10-14-37-13-8-9-15-40(37)42/h8-9,13,15,29-33,36,38,42,44,47,56H,10-12,14,16-28H2,1-7H3,(H,61,71)(H,62,70)(H2,59,60,63,64,65)/t36-,42+,44-,47-/m0/s1. The molecule has 3 fully saturated rings. The second-order valence-corrected chi connectivity index (χ2v) is 24.5. The van der Waals surface area contributed by atoms with Gasteiger partial charge in [-0.15, -0.1) is 0 Å². The zero-order valence-electron chi connectivity index (χ0n) is 45.4. The maximum Gasteiger partial charge on any atom is 0.256 e. The van der Waals surface area contributed by atoms with E-state index in [1.165, 1.54) is 11.9 Å². The number of benzene rings is 2. The number of aryl methyl sites for hydroxylation is 2. The molecule has 3 aromatic heterocycles. The van der Waals surface area contributed by atoms with Crippen molar-refractivity contribution in [3.05, 3.63) is 83.1 Å². The van der Waals surface area contributed by atoms with E-state index in [-0.39, 0.29) is 52.8 Å². The summed E-state index contributed by atoms with van der Waals surface area (Å²) >= 11 is 0. The second-order valence-electron chi connectivity index (χ2n) is 21.9. The van der Waals surface area contributed by atoms with Crippen molar-refractivity contribution in [1.29, 1.82) is 0 Å². The number of nitrogens with zero attached hydrogens (tertiary/aromatic N) is 9. The maximum atomic E-state index is 14.5. The highest BCUT2D eigenvalue weighted by Gasteiger charge is 2.43. The fourth-order valence-electron chi connectivity index (χ4n) is 10.8. The Labute approximate surface area is 451 Å². The van der Waals surface area contributed by atoms with Crippen LogP contribution in [0.25, 0.3) is 10.9 Å². The normalized spacial score (nSPS) is 19.4. The number of likely N-dealkylation sites (tertiary alicyclic amines) is 2. The Hall–Kier alpha value is -6.78. The Balaban J connectivity index is 0.764. The molecule has 21 nitrogen and oxygen atoms in total. The Morgan fingerprint density at radius 1 is 0.883 bits per heavy atom. The highest BCUT2D eigenvalue weighted by atomic mass is 32.2. The molecule has 0 spiro atoms. The van der Waals surface area contributed by atoms with E-state index in [9.17, 15) is 27.6 Å². The number of H-pyrrole nitrogens is 1. The number of piperidine rings is 1. The summed E-state index contributed by atoms with van der Waals surface area (Å²) in [6, 6.07) is 9.35. The average molecular weight is 1080 g/mol. The molecule has 5 aromatic rings. The van der Waals surface area contributed by atoms with Gasteiger partial charge in [0.05, 0.1) is 34.5 Å². The van der Waals surface area contributed by atoms with Crippen molar-refractivity contribution < 1.29 is 32.3 Å². The number of ether oxygens (including phenoxy) is 1. The summed E-state index contributed by atoms with van der Waals surface area (Å²) in [6.45, 7) is 15.7. The first-order valence-electron chi connectivity index (χ1n) is 27.1. The van der Waals surface area contributed by atoms with Crippen LogP contribution in [0.5, 0.6) is 5.75 Å². The molecule has 6 heterocycles. The Morgan fingerprint density at radius 3 is 2.32 bits per heavy atom. The third kappa shape index (κ3) is 12.0. The number of likely N-dealkylation sites (N-methyl/N-ethyl adjacent to an activating group) is 1. The highest BCUT2D eigenvalue weighted by Crippen LogP contribution is 2.38. The fourth-order valence-corrected chi connectivity index (χ4v) is 12.1. The van der Waals surface area contributed by atoms with Crippen LogP contribution in [-0.4, -0.2) is 166 Å². The molecule has 412 valence electrons. The largest absolute Gasteiger partial charge is 0.492 e. The number of hydrogen-bond donors (Lipinski definition) is 5. The number of nitrogens with one attached hydrogen (secondary N) is 5.